The maximum Gasteiger partial charge on any atom is 1.00 e. The molecule has 12 rings (SSSR count). The largest absolute Gasteiger partial charge is 1.00 e. The molecule has 0 aliphatic carbocycles. The third-order valence-corrected chi connectivity index (χ3v) is 15.9. The van der Waals surface area contributed by atoms with Gasteiger partial charge in [0.2, 0.25) is 0 Å². The van der Waals surface area contributed by atoms with Crippen LogP contribution >= 0.6 is 28.3 Å². The van der Waals surface area contributed by atoms with Crippen LogP contribution in [0.25, 0.3) is 55.2 Å². The smallest absolute Gasteiger partial charge is 1.00 e. The van der Waals surface area contributed by atoms with E-state index in [1.807, 2.05) is 103 Å². The van der Waals surface area contributed by atoms with Crippen LogP contribution in [0, 0.1) is 17.5 Å². The Bertz CT molecular complexity index is 4830. The van der Waals surface area contributed by atoms with Gasteiger partial charge in [0.15, 0.2) is 0 Å². The van der Waals surface area contributed by atoms with Gasteiger partial charge in [-0.25, -0.2) is 13.2 Å². The van der Waals surface area contributed by atoms with Crippen LogP contribution in [0.1, 0.15) is 72.8 Å². The average Bonchev–Trinajstić information content (AvgIpc) is 1.77. The van der Waals surface area contributed by atoms with Crippen LogP contribution < -0.4 is 164 Å². The number of rotatable bonds is 24. The van der Waals surface area contributed by atoms with Crippen molar-refractivity contribution in [3.05, 3.63) is 273 Å². The van der Waals surface area contributed by atoms with Crippen molar-refractivity contribution in [1.29, 1.82) is 0 Å². The number of ether oxygens (including phenoxy) is 5. The third-order valence-electron chi connectivity index (χ3n) is 15.3. The van der Waals surface area contributed by atoms with Gasteiger partial charge in [0, 0.05) is 96.9 Å². The number of halogens is 5. The number of carboxylic acids is 1. The zero-order chi connectivity index (χ0) is 73.1. The molecule has 0 unspecified atom stereocenters. The standard InChI is InChI=1S/C26H24FNO4.C24H20FNO4.C19H17BrO4.C7H9BFNO2.CH2O3.CH4.ClH.2K.Li.H2O.H/c1-2-30-24(29)14-18-6-3-4-9-23(18)32-16-17-12-19-10-11-31-26(19)22(13-17)21-8-5-7-20(15-28)25(21)27;25-23-18(13-26)5-3-6-19(23)20-11-15(10-17-8-9-29-24(17)20)14-30-21-7-2-1-4-16(21)12-22(27)28;1-2-22-18(21)11-14-5-3-4-6-17(14)24-12-13-9-15-7-8-23-19(15)16(20)10-13;9-7-5(4-10)2-1-3-6(7)8(11)12;2-1-4-3;;;;;;;/h3-13H,2,14-16,28H2,1H3;1-11H,12-14,26H2,(H,27,28);3-10H,2,11-12H2,1H3;1-3,11-12H,4,10H2;1,3H;1H4;1H;;;;1H2;/q;;;;;;;3*+1;;-1/p-2. The van der Waals surface area contributed by atoms with Crippen LogP contribution in [-0.2, 0) is 92.3 Å². The van der Waals surface area contributed by atoms with Gasteiger partial charge in [-0.2, -0.15) is 0 Å². The first-order chi connectivity index (χ1) is 49.4. The number of carbonyl (C=O) groups excluding carboxylic acids is 3. The monoisotopic (exact) mass is 1610 g/mol. The van der Waals surface area contributed by atoms with Gasteiger partial charge in [0.1, 0.15) is 71.3 Å². The Labute approximate surface area is 735 Å². The number of aliphatic carboxylic acids is 1. The minimum absolute atomic E-state index is 0. The molecule has 0 fully saturated rings. The first kappa shape index (κ1) is 97.2. The van der Waals surface area contributed by atoms with Gasteiger partial charge in [0.05, 0.1) is 55.7 Å². The number of furan rings is 3. The number of hydrogen-bond acceptors (Lipinski definition) is 20. The Kier molecular flexibility index (Phi) is 45.1. The number of esters is 2. The number of carboxylic acid groups (broad SMARTS) is 1. The van der Waals surface area contributed by atoms with E-state index in [0.717, 1.165) is 54.0 Å². The number of nitrogens with two attached hydrogens (primary N) is 3. The van der Waals surface area contributed by atoms with E-state index >= 15 is 4.39 Å². The fraction of sp³-hybridized carbons (Fsp3) is 0.179. The Balaban J connectivity index is 0.000000725. The molecule has 0 saturated carbocycles. The zero-order valence-corrected chi connectivity index (χ0v) is 67.8. The second-order valence-corrected chi connectivity index (χ2v) is 23.0. The molecule has 0 atom stereocenters. The second-order valence-electron chi connectivity index (χ2n) is 22.2. The first-order valence-electron chi connectivity index (χ1n) is 31.7. The van der Waals surface area contributed by atoms with Gasteiger partial charge < -0.3 is 86.3 Å². The summed E-state index contributed by atoms with van der Waals surface area (Å²) in [6, 6.07) is 53.6. The van der Waals surface area contributed by atoms with E-state index in [0.29, 0.717) is 87.2 Å². The summed E-state index contributed by atoms with van der Waals surface area (Å²) in [6.07, 6.45) is 5.01. The molecule has 3 aromatic heterocycles. The molecule has 30 heteroatoms. The van der Waals surface area contributed by atoms with E-state index in [2.05, 4.69) is 20.8 Å². The van der Waals surface area contributed by atoms with Crippen molar-refractivity contribution in [3.63, 3.8) is 0 Å². The number of carbonyl (C=O) groups is 4. The molecule has 10 N–H and O–H groups in total. The molecule has 0 amide bonds. The summed E-state index contributed by atoms with van der Waals surface area (Å²) in [5.74, 6) is -1.06. The SMILES string of the molecule is C.CCOC(=O)Cc1ccccc1OCc1cc(-c2cccc(CN)c2F)c2occc2c1.CCOC(=O)Cc1ccccc1OCc1cc(Br)c2occc2c1.Cl.NCc1cccc(-c2cc(COc3ccccc3CC(=O)O)cc3ccoc23)c1F.NCc1cccc(B(O)O)c1F.O=CO[O-].[H-].[K+].[K+].[Li+].[OH-]. The summed E-state index contributed by atoms with van der Waals surface area (Å²) in [4.78, 5) is 46.0. The number of fused-ring (bicyclic) bond motifs is 3. The van der Waals surface area contributed by atoms with Gasteiger partial charge in [-0.05, 0) is 119 Å². The van der Waals surface area contributed by atoms with Crippen molar-refractivity contribution < 1.29 is 223 Å². The van der Waals surface area contributed by atoms with Crippen molar-refractivity contribution in [2.45, 2.75) is 80.0 Å². The van der Waals surface area contributed by atoms with Crippen LogP contribution in [-0.4, -0.2) is 65.3 Å². The maximum atomic E-state index is 15.0. The van der Waals surface area contributed by atoms with E-state index in [4.69, 9.17) is 79.3 Å². The summed E-state index contributed by atoms with van der Waals surface area (Å²) < 4.78 is 88.6. The van der Waals surface area contributed by atoms with Crippen molar-refractivity contribution in [3.8, 4) is 39.5 Å². The van der Waals surface area contributed by atoms with Crippen molar-refractivity contribution >= 4 is 98.2 Å². The van der Waals surface area contributed by atoms with Gasteiger partial charge >= 0.3 is 147 Å². The molecule has 12 aromatic rings. The molecule has 21 nitrogen and oxygen atoms in total. The molecule has 3 heterocycles. The quantitative estimate of drug-likeness (QED) is 0.0159. The normalized spacial score (nSPS) is 10.0. The second kappa shape index (κ2) is 50.1. The number of para-hydroxylation sites is 3. The van der Waals surface area contributed by atoms with Gasteiger partial charge in [-0.15, -0.1) is 12.4 Å². The molecule has 9 aromatic carbocycles. The average molecular weight is 1610 g/mol. The van der Waals surface area contributed by atoms with E-state index < -0.39 is 18.9 Å². The molecule has 108 heavy (non-hydrogen) atoms. The predicted molar refractivity (Wildman–Crippen MR) is 396 cm³/mol. The van der Waals surface area contributed by atoms with Gasteiger partial charge in [-0.3, -0.25) is 19.2 Å². The first-order valence-corrected chi connectivity index (χ1v) is 32.5. The fourth-order valence-electron chi connectivity index (χ4n) is 10.6. The van der Waals surface area contributed by atoms with Crippen LogP contribution in [0.3, 0.4) is 0 Å². The van der Waals surface area contributed by atoms with Crippen LogP contribution in [0.5, 0.6) is 17.2 Å². The molecular weight excluding hydrogens is 1540 g/mol. The minimum Gasteiger partial charge on any atom is -1.00 e. The molecule has 554 valence electrons. The van der Waals surface area contributed by atoms with Crippen LogP contribution in [0.2, 0.25) is 0 Å². The molecule has 0 spiro atoms. The van der Waals surface area contributed by atoms with E-state index in [9.17, 15) is 23.2 Å². The summed E-state index contributed by atoms with van der Waals surface area (Å²) in [7, 11) is -1.78. The summed E-state index contributed by atoms with van der Waals surface area (Å²) >= 11 is 3.51. The summed E-state index contributed by atoms with van der Waals surface area (Å²) in [5.41, 5.74) is 26.5. The molecule has 0 bridgehead atoms. The summed E-state index contributed by atoms with van der Waals surface area (Å²) in [6.45, 7) is 5.20. The number of benzene rings is 9. The van der Waals surface area contributed by atoms with Crippen LogP contribution in [0.15, 0.2) is 219 Å². The van der Waals surface area contributed by atoms with Crippen LogP contribution in [0.4, 0.5) is 13.2 Å². The zero-order valence-electron chi connectivity index (χ0n) is 60.1. The molecular formula is C78H78BBrClF3K2LiN3O18. The maximum absolute atomic E-state index is 15.0. The van der Waals surface area contributed by atoms with Gasteiger partial charge in [-0.1, -0.05) is 117 Å². The summed E-state index contributed by atoms with van der Waals surface area (Å²) in [5, 5.41) is 37.6. The predicted octanol–water partition coefficient (Wildman–Crippen LogP) is 4.57. The Hall–Kier alpha value is -6.90. The molecule has 0 radical (unpaired) electrons. The Morgan fingerprint density at radius 1 is 0.509 bits per heavy atom. The topological polar surface area (TPSA) is 355 Å². The molecule has 0 saturated heterocycles. The Morgan fingerprint density at radius 2 is 0.843 bits per heavy atom. The minimum atomic E-state index is -1.78. The third kappa shape index (κ3) is 27.5. The number of hydrogen-bond donors (Lipinski definition) is 6. The van der Waals surface area contributed by atoms with Crippen molar-refractivity contribution in [1.82, 2.24) is 0 Å². The van der Waals surface area contributed by atoms with E-state index in [1.54, 1.807) is 93.3 Å². The van der Waals surface area contributed by atoms with Gasteiger partial charge in [0.25, 0.3) is 6.47 Å². The van der Waals surface area contributed by atoms with Crippen molar-refractivity contribution in [2.75, 3.05) is 13.2 Å². The fourth-order valence-corrected chi connectivity index (χ4v) is 11.3. The van der Waals surface area contributed by atoms with E-state index in [1.165, 1.54) is 18.2 Å². The van der Waals surface area contributed by atoms with E-state index in [-0.39, 0.29) is 242 Å². The Morgan fingerprint density at radius 3 is 1.20 bits per heavy atom. The molecule has 0 aliphatic rings. The molecule has 0 aliphatic heterocycles. The van der Waals surface area contributed by atoms with Crippen molar-refractivity contribution in [2.24, 2.45) is 17.2 Å².